The van der Waals surface area contributed by atoms with Gasteiger partial charge in [-0.25, -0.2) is 9.37 Å². The summed E-state index contributed by atoms with van der Waals surface area (Å²) >= 11 is 1.50. The van der Waals surface area contributed by atoms with Crippen LogP contribution in [0.5, 0.6) is 0 Å². The average Bonchev–Trinajstić information content (AvgIpc) is 3.24. The summed E-state index contributed by atoms with van der Waals surface area (Å²) in [5.41, 5.74) is 1.69. The number of pyridine rings is 1. The monoisotopic (exact) mass is 474 g/mol. The smallest absolute Gasteiger partial charge is 0.257 e. The van der Waals surface area contributed by atoms with E-state index >= 15 is 0 Å². The number of likely N-dealkylation sites (tertiary alicyclic amines) is 1. The van der Waals surface area contributed by atoms with E-state index in [2.05, 4.69) is 15.6 Å². The Morgan fingerprint density at radius 2 is 1.82 bits per heavy atom. The highest BCUT2D eigenvalue weighted by atomic mass is 32.1. The van der Waals surface area contributed by atoms with Crippen LogP contribution in [0.1, 0.15) is 33.2 Å². The number of carbonyl (C=O) groups excluding carboxylic acids is 2. The third-order valence-electron chi connectivity index (χ3n) is 5.83. The summed E-state index contributed by atoms with van der Waals surface area (Å²) in [5, 5.41) is 8.87. The summed E-state index contributed by atoms with van der Waals surface area (Å²) in [4.78, 5) is 32.0. The van der Waals surface area contributed by atoms with E-state index in [1.165, 1.54) is 29.4 Å². The van der Waals surface area contributed by atoms with E-state index in [1.54, 1.807) is 6.07 Å². The third-order valence-corrected chi connectivity index (χ3v) is 6.80. The fourth-order valence-electron chi connectivity index (χ4n) is 4.04. The standard InChI is InChI=1S/C26H23FN4O2S/c1-16-7-3-5-9-20(16)29-23-21(11-17(12-28-23)25(33)31-14-26(2,27)15-31)30-24(32)19-13-34-22-10-6-4-8-18(19)22/h3-13H,14-15H2,1-2H3,(H,28,29)(H,30,32). The minimum Gasteiger partial charge on any atom is -0.338 e. The first kappa shape index (κ1) is 22.0. The summed E-state index contributed by atoms with van der Waals surface area (Å²) in [5.74, 6) is -0.198. The first-order chi connectivity index (χ1) is 16.3. The molecule has 1 fully saturated rings. The van der Waals surface area contributed by atoms with Crippen LogP contribution in [0.25, 0.3) is 10.1 Å². The van der Waals surface area contributed by atoms with E-state index in [1.807, 2.05) is 60.8 Å². The molecule has 1 aliphatic rings. The fraction of sp³-hybridized carbons (Fsp3) is 0.192. The number of halogens is 1. The maximum Gasteiger partial charge on any atom is 0.257 e. The van der Waals surface area contributed by atoms with Gasteiger partial charge in [0.2, 0.25) is 0 Å². The van der Waals surface area contributed by atoms with Gasteiger partial charge in [0, 0.05) is 27.4 Å². The van der Waals surface area contributed by atoms with Crippen molar-refractivity contribution < 1.29 is 14.0 Å². The Morgan fingerprint density at radius 1 is 1.09 bits per heavy atom. The molecule has 4 aromatic rings. The van der Waals surface area contributed by atoms with Crippen molar-refractivity contribution in [2.24, 2.45) is 0 Å². The van der Waals surface area contributed by atoms with Crippen LogP contribution < -0.4 is 10.6 Å². The number of aryl methyl sites for hydroxylation is 1. The first-order valence-electron chi connectivity index (χ1n) is 10.9. The number of aromatic nitrogens is 1. The number of hydrogen-bond acceptors (Lipinski definition) is 5. The van der Waals surface area contributed by atoms with Crippen LogP contribution >= 0.6 is 11.3 Å². The SMILES string of the molecule is Cc1ccccc1Nc1ncc(C(=O)N2CC(C)(F)C2)cc1NC(=O)c1csc2ccccc12. The predicted molar refractivity (Wildman–Crippen MR) is 134 cm³/mol. The van der Waals surface area contributed by atoms with Gasteiger partial charge in [-0.05, 0) is 37.6 Å². The molecule has 0 aliphatic carbocycles. The maximum absolute atomic E-state index is 13.9. The zero-order valence-corrected chi connectivity index (χ0v) is 19.6. The van der Waals surface area contributed by atoms with Crippen molar-refractivity contribution in [2.45, 2.75) is 19.5 Å². The molecular weight excluding hydrogens is 451 g/mol. The van der Waals surface area contributed by atoms with E-state index < -0.39 is 5.67 Å². The summed E-state index contributed by atoms with van der Waals surface area (Å²) in [6, 6.07) is 17.0. The molecule has 0 saturated carbocycles. The number of thiophene rings is 1. The number of benzene rings is 2. The number of alkyl halides is 1. The van der Waals surface area contributed by atoms with Crippen LogP contribution in [0.2, 0.25) is 0 Å². The Hall–Kier alpha value is -3.78. The number of hydrogen-bond donors (Lipinski definition) is 2. The number of carbonyl (C=O) groups is 2. The normalized spacial score (nSPS) is 14.5. The predicted octanol–water partition coefficient (Wildman–Crippen LogP) is 5.78. The second-order valence-electron chi connectivity index (χ2n) is 8.73. The lowest BCUT2D eigenvalue weighted by molar-refractivity contribution is -0.00787. The fourth-order valence-corrected chi connectivity index (χ4v) is 4.98. The van der Waals surface area contributed by atoms with Gasteiger partial charge < -0.3 is 15.5 Å². The third kappa shape index (κ3) is 4.24. The quantitative estimate of drug-likeness (QED) is 0.384. The molecule has 5 rings (SSSR count). The average molecular weight is 475 g/mol. The number of nitrogens with one attached hydrogen (secondary N) is 2. The number of para-hydroxylation sites is 1. The van der Waals surface area contributed by atoms with Crippen molar-refractivity contribution in [2.75, 3.05) is 23.7 Å². The van der Waals surface area contributed by atoms with E-state index in [4.69, 9.17) is 0 Å². The van der Waals surface area contributed by atoms with Gasteiger partial charge in [-0.3, -0.25) is 9.59 Å². The minimum absolute atomic E-state index is 0.0393. The largest absolute Gasteiger partial charge is 0.338 e. The second-order valence-corrected chi connectivity index (χ2v) is 9.65. The van der Waals surface area contributed by atoms with Gasteiger partial charge in [0.25, 0.3) is 11.8 Å². The highest BCUT2D eigenvalue weighted by molar-refractivity contribution is 7.17. The molecule has 1 aliphatic heterocycles. The van der Waals surface area contributed by atoms with E-state index in [0.717, 1.165) is 21.3 Å². The van der Waals surface area contributed by atoms with Crippen LogP contribution in [-0.4, -0.2) is 40.5 Å². The summed E-state index contributed by atoms with van der Waals surface area (Å²) < 4.78 is 14.9. The second kappa shape index (κ2) is 8.53. The van der Waals surface area contributed by atoms with E-state index in [0.29, 0.717) is 17.1 Å². The highest BCUT2D eigenvalue weighted by Crippen LogP contribution is 2.31. The topological polar surface area (TPSA) is 74.3 Å². The van der Waals surface area contributed by atoms with Gasteiger partial charge in [0.1, 0.15) is 5.67 Å². The van der Waals surface area contributed by atoms with Crippen LogP contribution in [0.4, 0.5) is 21.6 Å². The molecule has 2 aromatic carbocycles. The molecule has 0 bridgehead atoms. The molecule has 0 spiro atoms. The zero-order chi connectivity index (χ0) is 23.9. The van der Waals surface area contributed by atoms with Crippen LogP contribution in [0.15, 0.2) is 66.2 Å². The van der Waals surface area contributed by atoms with Gasteiger partial charge in [-0.1, -0.05) is 36.4 Å². The molecule has 2 aromatic heterocycles. The minimum atomic E-state index is -1.37. The zero-order valence-electron chi connectivity index (χ0n) is 18.8. The van der Waals surface area contributed by atoms with E-state index in [9.17, 15) is 14.0 Å². The lowest BCUT2D eigenvalue weighted by Crippen LogP contribution is -2.59. The Labute approximate surface area is 200 Å². The Balaban J connectivity index is 1.48. The molecule has 34 heavy (non-hydrogen) atoms. The van der Waals surface area contributed by atoms with Crippen molar-refractivity contribution in [3.05, 3.63) is 82.9 Å². The van der Waals surface area contributed by atoms with Gasteiger partial charge in [-0.15, -0.1) is 11.3 Å². The Bertz CT molecular complexity index is 1410. The highest BCUT2D eigenvalue weighted by Gasteiger charge is 2.41. The molecule has 0 atom stereocenters. The van der Waals surface area contributed by atoms with E-state index in [-0.39, 0.29) is 30.5 Å². The maximum atomic E-state index is 13.9. The van der Waals surface area contributed by atoms with Gasteiger partial charge >= 0.3 is 0 Å². The van der Waals surface area contributed by atoms with Crippen molar-refractivity contribution in [3.63, 3.8) is 0 Å². The van der Waals surface area contributed by atoms with Crippen molar-refractivity contribution in [1.29, 1.82) is 0 Å². The molecule has 3 heterocycles. The van der Waals surface area contributed by atoms with Gasteiger partial charge in [0.05, 0.1) is 29.9 Å². The molecule has 172 valence electrons. The molecule has 0 radical (unpaired) electrons. The molecule has 2 amide bonds. The number of nitrogens with zero attached hydrogens (tertiary/aromatic N) is 2. The van der Waals surface area contributed by atoms with Gasteiger partial charge in [-0.2, -0.15) is 0 Å². The lowest BCUT2D eigenvalue weighted by Gasteiger charge is -2.42. The molecule has 0 unspecified atom stereocenters. The van der Waals surface area contributed by atoms with Crippen LogP contribution in [-0.2, 0) is 0 Å². The number of anilines is 3. The summed E-state index contributed by atoms with van der Waals surface area (Å²) in [7, 11) is 0. The van der Waals surface area contributed by atoms with Crippen LogP contribution in [0.3, 0.4) is 0 Å². The lowest BCUT2D eigenvalue weighted by atomic mass is 9.98. The molecular formula is C26H23FN4O2S. The summed E-state index contributed by atoms with van der Waals surface area (Å²) in [6.07, 6.45) is 1.45. The molecule has 8 heteroatoms. The van der Waals surface area contributed by atoms with Crippen molar-refractivity contribution >= 4 is 50.4 Å². The number of rotatable bonds is 5. The number of fused-ring (bicyclic) bond motifs is 1. The Morgan fingerprint density at radius 3 is 2.59 bits per heavy atom. The summed E-state index contributed by atoms with van der Waals surface area (Å²) in [6.45, 7) is 3.52. The molecule has 2 N–H and O–H groups in total. The molecule has 6 nitrogen and oxygen atoms in total. The number of amides is 2. The Kier molecular flexibility index (Phi) is 5.53. The van der Waals surface area contributed by atoms with Crippen molar-refractivity contribution in [3.8, 4) is 0 Å². The van der Waals surface area contributed by atoms with Crippen LogP contribution in [0, 0.1) is 6.92 Å². The first-order valence-corrected chi connectivity index (χ1v) is 11.8. The van der Waals surface area contributed by atoms with Crippen molar-refractivity contribution in [1.82, 2.24) is 9.88 Å². The molecule has 1 saturated heterocycles. The van der Waals surface area contributed by atoms with Gasteiger partial charge in [0.15, 0.2) is 5.82 Å².